The van der Waals surface area contributed by atoms with Crippen LogP contribution in [0.5, 0.6) is 0 Å². The highest BCUT2D eigenvalue weighted by Crippen LogP contribution is 2.27. The second-order valence-electron chi connectivity index (χ2n) is 7.71. The molecule has 31 heavy (non-hydrogen) atoms. The number of nitrogens with zero attached hydrogens (tertiary/aromatic N) is 4. The molecule has 1 aromatic heterocycles. The van der Waals surface area contributed by atoms with E-state index >= 15 is 0 Å². The maximum atomic E-state index is 14.3. The van der Waals surface area contributed by atoms with E-state index in [1.165, 1.54) is 10.7 Å². The van der Waals surface area contributed by atoms with Gasteiger partial charge in [0, 0.05) is 57.6 Å². The smallest absolute Gasteiger partial charge is 0.257 e. The van der Waals surface area contributed by atoms with Gasteiger partial charge in [-0.15, -0.1) is 0 Å². The van der Waals surface area contributed by atoms with E-state index in [-0.39, 0.29) is 22.7 Å². The van der Waals surface area contributed by atoms with Crippen molar-refractivity contribution in [2.24, 2.45) is 7.05 Å². The lowest BCUT2D eigenvalue weighted by Gasteiger charge is -2.35. The van der Waals surface area contributed by atoms with Crippen molar-refractivity contribution in [3.05, 3.63) is 77.5 Å². The molecule has 2 heterocycles. The van der Waals surface area contributed by atoms with Crippen LogP contribution in [-0.4, -0.2) is 63.3 Å². The summed E-state index contributed by atoms with van der Waals surface area (Å²) in [6.45, 7) is 2.71. The number of amides is 1. The molecule has 1 N–H and O–H groups in total. The number of aliphatic hydroxyl groups is 1. The number of piperazine rings is 1. The molecule has 0 saturated carbocycles. The molecule has 3 aromatic rings. The van der Waals surface area contributed by atoms with E-state index in [2.05, 4.69) is 10.00 Å². The molecule has 1 atom stereocenters. The van der Waals surface area contributed by atoms with Gasteiger partial charge < -0.3 is 10.0 Å². The van der Waals surface area contributed by atoms with Gasteiger partial charge >= 0.3 is 0 Å². The van der Waals surface area contributed by atoms with Gasteiger partial charge in [0.15, 0.2) is 0 Å². The second-order valence-corrected chi connectivity index (χ2v) is 7.71. The molecule has 8 heteroatoms. The predicted octanol–water partition coefficient (Wildman–Crippen LogP) is 2.86. The number of halogens is 2. The Kier molecular flexibility index (Phi) is 6.11. The Labute approximate surface area is 179 Å². The molecule has 1 aliphatic rings. The molecule has 0 spiro atoms. The van der Waals surface area contributed by atoms with Crippen molar-refractivity contribution < 1.29 is 18.7 Å². The number of hydrogen-bond acceptors (Lipinski definition) is 4. The molecule has 4 rings (SSSR count). The van der Waals surface area contributed by atoms with Crippen LogP contribution in [0.15, 0.2) is 54.7 Å². The zero-order valence-corrected chi connectivity index (χ0v) is 17.2. The first kappa shape index (κ1) is 21.1. The monoisotopic (exact) mass is 426 g/mol. The van der Waals surface area contributed by atoms with Crippen molar-refractivity contribution in [1.29, 1.82) is 0 Å². The molecule has 1 fully saturated rings. The highest BCUT2D eigenvalue weighted by molar-refractivity contribution is 6.00. The summed E-state index contributed by atoms with van der Waals surface area (Å²) in [5.41, 5.74) is 1.44. The zero-order valence-electron chi connectivity index (χ0n) is 17.2. The lowest BCUT2D eigenvalue weighted by Crippen LogP contribution is -2.49. The van der Waals surface area contributed by atoms with Crippen molar-refractivity contribution in [2.75, 3.05) is 32.7 Å². The maximum absolute atomic E-state index is 14.3. The topological polar surface area (TPSA) is 61.6 Å². The van der Waals surface area contributed by atoms with E-state index in [0.717, 1.165) is 17.7 Å². The summed E-state index contributed by atoms with van der Waals surface area (Å²) < 4.78 is 29.0. The third-order valence-electron chi connectivity index (χ3n) is 5.52. The van der Waals surface area contributed by atoms with E-state index in [4.69, 9.17) is 0 Å². The van der Waals surface area contributed by atoms with Crippen LogP contribution in [0.1, 0.15) is 22.0 Å². The lowest BCUT2D eigenvalue weighted by molar-refractivity contribution is 0.0528. The normalized spacial score (nSPS) is 15.8. The molecule has 0 aliphatic carbocycles. The molecule has 162 valence electrons. The first-order valence-electron chi connectivity index (χ1n) is 10.2. The molecule has 1 amide bonds. The number of aryl methyl sites for hydroxylation is 1. The van der Waals surface area contributed by atoms with Crippen LogP contribution in [0.25, 0.3) is 11.3 Å². The summed E-state index contributed by atoms with van der Waals surface area (Å²) in [5, 5.41) is 14.7. The highest BCUT2D eigenvalue weighted by Gasteiger charge is 2.27. The number of benzene rings is 2. The minimum absolute atomic E-state index is 0.0926. The van der Waals surface area contributed by atoms with Crippen LogP contribution in [-0.2, 0) is 7.05 Å². The van der Waals surface area contributed by atoms with Gasteiger partial charge in [-0.05, 0) is 17.7 Å². The van der Waals surface area contributed by atoms with E-state index < -0.39 is 17.7 Å². The molecule has 0 radical (unpaired) electrons. The second kappa shape index (κ2) is 8.95. The van der Waals surface area contributed by atoms with Crippen LogP contribution in [0, 0.1) is 11.6 Å². The van der Waals surface area contributed by atoms with Gasteiger partial charge in [-0.25, -0.2) is 8.78 Å². The fourth-order valence-corrected chi connectivity index (χ4v) is 3.85. The average molecular weight is 426 g/mol. The summed E-state index contributed by atoms with van der Waals surface area (Å²) in [6, 6.07) is 12.7. The van der Waals surface area contributed by atoms with E-state index in [1.807, 2.05) is 30.3 Å². The van der Waals surface area contributed by atoms with Crippen LogP contribution < -0.4 is 0 Å². The van der Waals surface area contributed by atoms with Crippen molar-refractivity contribution in [1.82, 2.24) is 19.6 Å². The number of carbonyl (C=O) groups excluding carboxylic acids is 1. The average Bonchev–Trinajstić information content (AvgIpc) is 3.15. The Morgan fingerprint density at radius 3 is 2.48 bits per heavy atom. The summed E-state index contributed by atoms with van der Waals surface area (Å²) in [5.74, 6) is -1.68. The predicted molar refractivity (Wildman–Crippen MR) is 112 cm³/mol. The Bertz CT molecular complexity index is 1060. The van der Waals surface area contributed by atoms with Crippen LogP contribution in [0.4, 0.5) is 8.78 Å². The van der Waals surface area contributed by atoms with Gasteiger partial charge in [-0.2, -0.15) is 5.10 Å². The van der Waals surface area contributed by atoms with Crippen molar-refractivity contribution in [2.45, 2.75) is 6.10 Å². The number of carbonyl (C=O) groups is 1. The molecular weight excluding hydrogens is 402 g/mol. The molecule has 1 unspecified atom stereocenters. The Hall–Kier alpha value is -3.10. The first-order valence-corrected chi connectivity index (χ1v) is 10.2. The molecular formula is C23H24F2N4O2. The largest absolute Gasteiger partial charge is 0.387 e. The Morgan fingerprint density at radius 2 is 1.81 bits per heavy atom. The molecule has 1 saturated heterocycles. The SMILES string of the molecule is Cn1cc(C(=O)N2CCN(CC(O)c3ccccc3)CC2)c(-c2ccc(F)cc2F)n1. The standard InChI is InChI=1S/C23H24F2N4O2/c1-27-14-19(22(26-27)18-8-7-17(24)13-20(18)25)23(31)29-11-9-28(10-12-29)15-21(30)16-5-3-2-4-6-16/h2-8,13-14,21,30H,9-12,15H2,1H3. The minimum atomic E-state index is -0.757. The van der Waals surface area contributed by atoms with E-state index in [9.17, 15) is 18.7 Å². The van der Waals surface area contributed by atoms with Crippen molar-refractivity contribution >= 4 is 5.91 Å². The van der Waals surface area contributed by atoms with Gasteiger partial charge in [0.2, 0.25) is 0 Å². The first-order chi connectivity index (χ1) is 14.9. The van der Waals surface area contributed by atoms with Gasteiger partial charge in [0.1, 0.15) is 17.3 Å². The van der Waals surface area contributed by atoms with E-state index in [1.54, 1.807) is 18.1 Å². The summed E-state index contributed by atoms with van der Waals surface area (Å²) in [6.07, 6.45) is 0.973. The van der Waals surface area contributed by atoms with Crippen LogP contribution in [0.3, 0.4) is 0 Å². The van der Waals surface area contributed by atoms with Gasteiger partial charge in [-0.3, -0.25) is 14.4 Å². The Balaban J connectivity index is 1.44. The highest BCUT2D eigenvalue weighted by atomic mass is 19.1. The van der Waals surface area contributed by atoms with Gasteiger partial charge in [-0.1, -0.05) is 30.3 Å². The third kappa shape index (κ3) is 4.65. The number of aromatic nitrogens is 2. The van der Waals surface area contributed by atoms with Crippen molar-refractivity contribution in [3.8, 4) is 11.3 Å². The third-order valence-corrected chi connectivity index (χ3v) is 5.52. The van der Waals surface area contributed by atoms with Crippen LogP contribution in [0.2, 0.25) is 0 Å². The number of rotatable bonds is 5. The molecule has 1 aliphatic heterocycles. The Morgan fingerprint density at radius 1 is 1.10 bits per heavy atom. The lowest BCUT2D eigenvalue weighted by atomic mass is 10.1. The van der Waals surface area contributed by atoms with Crippen molar-refractivity contribution in [3.63, 3.8) is 0 Å². The van der Waals surface area contributed by atoms with Gasteiger partial charge in [0.05, 0.1) is 11.7 Å². The quantitative estimate of drug-likeness (QED) is 0.682. The molecule has 0 bridgehead atoms. The fourth-order valence-electron chi connectivity index (χ4n) is 3.85. The molecule has 2 aromatic carbocycles. The summed E-state index contributed by atoms with van der Waals surface area (Å²) in [7, 11) is 1.66. The summed E-state index contributed by atoms with van der Waals surface area (Å²) >= 11 is 0. The number of aliphatic hydroxyl groups excluding tert-OH is 1. The van der Waals surface area contributed by atoms with Crippen LogP contribution >= 0.6 is 0 Å². The fraction of sp³-hybridized carbons (Fsp3) is 0.304. The van der Waals surface area contributed by atoms with Gasteiger partial charge in [0.25, 0.3) is 5.91 Å². The maximum Gasteiger partial charge on any atom is 0.257 e. The zero-order chi connectivity index (χ0) is 22.0. The van der Waals surface area contributed by atoms with E-state index in [0.29, 0.717) is 32.7 Å². The molecule has 6 nitrogen and oxygen atoms in total. The number of β-amino-alcohol motifs (C(OH)–C–C–N with tert-alkyl or cyclic N) is 1. The minimum Gasteiger partial charge on any atom is -0.387 e. The summed E-state index contributed by atoms with van der Waals surface area (Å²) in [4.78, 5) is 17.0. The number of hydrogen-bond donors (Lipinski definition) is 1.